The molecule has 0 fully saturated rings. The number of carbonyl (C=O) groups is 2. The molecule has 0 bridgehead atoms. The Labute approximate surface area is 109 Å². The monoisotopic (exact) mass is 263 g/mol. The van der Waals surface area contributed by atoms with E-state index >= 15 is 0 Å². The van der Waals surface area contributed by atoms with Crippen LogP contribution < -0.4 is 5.73 Å². The van der Waals surface area contributed by atoms with Gasteiger partial charge in [-0.1, -0.05) is 6.92 Å². The molecule has 7 heteroatoms. The number of amides is 2. The van der Waals surface area contributed by atoms with Crippen molar-refractivity contribution in [2.24, 2.45) is 11.7 Å². The van der Waals surface area contributed by atoms with E-state index in [1.807, 2.05) is 6.92 Å². The number of benzene rings is 1. The molecule has 2 amide bonds. The van der Waals surface area contributed by atoms with Crippen LogP contribution in [0.25, 0.3) is 0 Å². The molecule has 100 valence electrons. The fraction of sp³-hybridized carbons (Fsp3) is 0.333. The average Bonchev–Trinajstić information content (AvgIpc) is 2.63. The second kappa shape index (κ2) is 4.77. The summed E-state index contributed by atoms with van der Waals surface area (Å²) in [5, 5.41) is 10.7. The Balaban J connectivity index is 2.36. The normalized spacial score (nSPS) is 15.6. The number of rotatable bonds is 4. The Morgan fingerprint density at radius 2 is 1.95 bits per heavy atom. The van der Waals surface area contributed by atoms with Gasteiger partial charge in [0.25, 0.3) is 17.5 Å². The number of hydrogen-bond donors (Lipinski definition) is 1. The van der Waals surface area contributed by atoms with Crippen molar-refractivity contribution in [2.75, 3.05) is 13.1 Å². The van der Waals surface area contributed by atoms with Gasteiger partial charge >= 0.3 is 0 Å². The zero-order chi connectivity index (χ0) is 14.2. The summed E-state index contributed by atoms with van der Waals surface area (Å²) in [5.41, 5.74) is 5.57. The maximum absolute atomic E-state index is 12.1. The van der Waals surface area contributed by atoms with Crippen LogP contribution in [-0.4, -0.2) is 34.7 Å². The van der Waals surface area contributed by atoms with Gasteiger partial charge in [-0.05, 0) is 18.5 Å². The molecule has 2 N–H and O–H groups in total. The number of nitro groups is 1. The van der Waals surface area contributed by atoms with Gasteiger partial charge in [0, 0.05) is 18.7 Å². The lowest BCUT2D eigenvalue weighted by molar-refractivity contribution is -0.384. The molecule has 0 aromatic heterocycles. The van der Waals surface area contributed by atoms with Gasteiger partial charge in [0.2, 0.25) is 0 Å². The number of nitrogens with zero attached hydrogens (tertiary/aromatic N) is 2. The van der Waals surface area contributed by atoms with Gasteiger partial charge < -0.3 is 5.73 Å². The quantitative estimate of drug-likeness (QED) is 0.491. The number of fused-ring (bicyclic) bond motifs is 1. The number of nitrogens with two attached hydrogens (primary N) is 1. The summed E-state index contributed by atoms with van der Waals surface area (Å²) in [6.45, 7) is 2.40. The second-order valence-corrected chi connectivity index (χ2v) is 4.55. The van der Waals surface area contributed by atoms with E-state index in [9.17, 15) is 19.7 Å². The predicted molar refractivity (Wildman–Crippen MR) is 66.7 cm³/mol. The topological polar surface area (TPSA) is 107 Å². The van der Waals surface area contributed by atoms with Crippen LogP contribution in [0.5, 0.6) is 0 Å². The van der Waals surface area contributed by atoms with Gasteiger partial charge in [-0.2, -0.15) is 0 Å². The van der Waals surface area contributed by atoms with Crippen molar-refractivity contribution in [3.8, 4) is 0 Å². The van der Waals surface area contributed by atoms with Crippen molar-refractivity contribution in [3.05, 3.63) is 39.4 Å². The third-order valence-electron chi connectivity index (χ3n) is 3.06. The molecule has 0 spiro atoms. The Kier molecular flexibility index (Phi) is 3.30. The lowest BCUT2D eigenvalue weighted by atomic mass is 10.1. The van der Waals surface area contributed by atoms with Gasteiger partial charge in [0.15, 0.2) is 0 Å². The summed E-state index contributed by atoms with van der Waals surface area (Å²) < 4.78 is 0. The van der Waals surface area contributed by atoms with Crippen molar-refractivity contribution in [1.29, 1.82) is 0 Å². The molecule has 1 aromatic rings. The Morgan fingerprint density at radius 3 is 2.53 bits per heavy atom. The van der Waals surface area contributed by atoms with Crippen LogP contribution >= 0.6 is 0 Å². The summed E-state index contributed by atoms with van der Waals surface area (Å²) in [4.78, 5) is 35.3. The highest BCUT2D eigenvalue weighted by Crippen LogP contribution is 2.27. The minimum Gasteiger partial charge on any atom is -0.330 e. The summed E-state index contributed by atoms with van der Waals surface area (Å²) >= 11 is 0. The van der Waals surface area contributed by atoms with Gasteiger partial charge in [-0.3, -0.25) is 24.6 Å². The first-order valence-electron chi connectivity index (χ1n) is 5.80. The van der Waals surface area contributed by atoms with Crippen LogP contribution in [0, 0.1) is 16.0 Å². The summed E-state index contributed by atoms with van der Waals surface area (Å²) in [5.74, 6) is -0.934. The molecule has 2 rings (SSSR count). The smallest absolute Gasteiger partial charge is 0.270 e. The molecule has 0 aliphatic carbocycles. The Bertz CT molecular complexity index is 570. The third-order valence-corrected chi connectivity index (χ3v) is 3.06. The number of imide groups is 1. The highest BCUT2D eigenvalue weighted by atomic mass is 16.6. The number of carbonyl (C=O) groups excluding carboxylic acids is 2. The van der Waals surface area contributed by atoms with Crippen molar-refractivity contribution >= 4 is 17.5 Å². The fourth-order valence-electron chi connectivity index (χ4n) is 1.94. The van der Waals surface area contributed by atoms with E-state index in [2.05, 4.69) is 0 Å². The van der Waals surface area contributed by atoms with Gasteiger partial charge in [0.1, 0.15) is 0 Å². The van der Waals surface area contributed by atoms with Crippen LogP contribution in [0.3, 0.4) is 0 Å². The first kappa shape index (κ1) is 13.2. The van der Waals surface area contributed by atoms with Crippen LogP contribution in [0.4, 0.5) is 5.69 Å². The average molecular weight is 263 g/mol. The predicted octanol–water partition coefficient (Wildman–Crippen LogP) is 0.786. The zero-order valence-corrected chi connectivity index (χ0v) is 10.3. The largest absolute Gasteiger partial charge is 0.330 e. The molecular formula is C12H13N3O4. The lowest BCUT2D eigenvalue weighted by Crippen LogP contribution is -2.35. The van der Waals surface area contributed by atoms with E-state index in [1.54, 1.807) is 0 Å². The summed E-state index contributed by atoms with van der Waals surface area (Å²) in [7, 11) is 0. The van der Waals surface area contributed by atoms with E-state index < -0.39 is 16.7 Å². The van der Waals surface area contributed by atoms with Crippen molar-refractivity contribution in [1.82, 2.24) is 4.90 Å². The molecule has 1 aliphatic heterocycles. The highest BCUT2D eigenvalue weighted by Gasteiger charge is 2.37. The number of non-ortho nitro benzene ring substituents is 1. The maximum atomic E-state index is 12.1. The van der Waals surface area contributed by atoms with E-state index in [1.165, 1.54) is 12.1 Å². The van der Waals surface area contributed by atoms with Crippen molar-refractivity contribution in [3.63, 3.8) is 0 Å². The number of nitro benzene ring substituents is 1. The first-order chi connectivity index (χ1) is 8.95. The maximum Gasteiger partial charge on any atom is 0.270 e. The fourth-order valence-corrected chi connectivity index (χ4v) is 1.94. The molecule has 7 nitrogen and oxygen atoms in total. The Morgan fingerprint density at radius 1 is 1.32 bits per heavy atom. The van der Waals surface area contributed by atoms with Crippen molar-refractivity contribution < 1.29 is 14.5 Å². The molecule has 1 aliphatic rings. The molecule has 0 radical (unpaired) electrons. The first-order valence-corrected chi connectivity index (χ1v) is 5.80. The molecule has 1 heterocycles. The van der Waals surface area contributed by atoms with E-state index in [-0.39, 0.29) is 29.3 Å². The van der Waals surface area contributed by atoms with Gasteiger partial charge in [-0.15, -0.1) is 0 Å². The molecule has 0 saturated heterocycles. The van der Waals surface area contributed by atoms with Crippen LogP contribution in [0.1, 0.15) is 27.6 Å². The molecule has 1 unspecified atom stereocenters. The Hall–Kier alpha value is -2.28. The van der Waals surface area contributed by atoms with E-state index in [0.29, 0.717) is 6.54 Å². The van der Waals surface area contributed by atoms with Gasteiger partial charge in [0.05, 0.1) is 16.1 Å². The third kappa shape index (κ3) is 2.19. The molecule has 0 saturated carbocycles. The lowest BCUT2D eigenvalue weighted by Gasteiger charge is -2.17. The van der Waals surface area contributed by atoms with Crippen LogP contribution in [-0.2, 0) is 0 Å². The minimum absolute atomic E-state index is 0.0165. The van der Waals surface area contributed by atoms with Gasteiger partial charge in [-0.25, -0.2) is 0 Å². The molecular weight excluding hydrogens is 250 g/mol. The SMILES string of the molecule is CC(CN)CN1C(=O)c2ccc([N+](=O)[O-])cc2C1=O. The second-order valence-electron chi connectivity index (χ2n) is 4.55. The highest BCUT2D eigenvalue weighted by molar-refractivity contribution is 6.21. The minimum atomic E-state index is -0.594. The summed E-state index contributed by atoms with van der Waals surface area (Å²) in [6.07, 6.45) is 0. The van der Waals surface area contributed by atoms with E-state index in [4.69, 9.17) is 5.73 Å². The molecule has 1 atom stereocenters. The van der Waals surface area contributed by atoms with Crippen LogP contribution in [0.2, 0.25) is 0 Å². The standard InChI is InChI=1S/C12H13N3O4/c1-7(5-13)6-14-11(16)9-3-2-8(15(18)19)4-10(9)12(14)17/h2-4,7H,5-6,13H2,1H3. The molecule has 19 heavy (non-hydrogen) atoms. The van der Waals surface area contributed by atoms with Crippen LogP contribution in [0.15, 0.2) is 18.2 Å². The summed E-state index contributed by atoms with van der Waals surface area (Å²) in [6, 6.07) is 3.68. The number of hydrogen-bond acceptors (Lipinski definition) is 5. The zero-order valence-electron chi connectivity index (χ0n) is 10.3. The molecule has 1 aromatic carbocycles. The van der Waals surface area contributed by atoms with E-state index in [0.717, 1.165) is 11.0 Å². The van der Waals surface area contributed by atoms with Crippen molar-refractivity contribution in [2.45, 2.75) is 6.92 Å².